The molecule has 0 saturated carbocycles. The lowest BCUT2D eigenvalue weighted by atomic mass is 10.0. The Labute approximate surface area is 124 Å². The molecule has 2 N–H and O–H groups in total. The van der Waals surface area contributed by atoms with Crippen LogP contribution in [-0.2, 0) is 24.2 Å². The number of hydrogen-bond donors (Lipinski definition) is 2. The van der Waals surface area contributed by atoms with Gasteiger partial charge in [0.05, 0.1) is 0 Å². The minimum Gasteiger partial charge on any atom is -0.326 e. The molecule has 0 bridgehead atoms. The highest BCUT2D eigenvalue weighted by Crippen LogP contribution is 2.19. The van der Waals surface area contributed by atoms with E-state index in [4.69, 9.17) is 0 Å². The third-order valence-corrected chi connectivity index (χ3v) is 3.74. The molecule has 1 aromatic carbocycles. The molecule has 0 aliphatic carbocycles. The number of nitrogens with zero attached hydrogens (tertiary/aromatic N) is 1. The third-order valence-electron chi connectivity index (χ3n) is 3.74. The third kappa shape index (κ3) is 3.67. The van der Waals surface area contributed by atoms with E-state index in [1.165, 1.54) is 11.1 Å². The van der Waals surface area contributed by atoms with Gasteiger partial charge in [0.25, 0.3) is 0 Å². The maximum absolute atomic E-state index is 12.0. The van der Waals surface area contributed by atoms with Gasteiger partial charge >= 0.3 is 0 Å². The molecule has 21 heavy (non-hydrogen) atoms. The Bertz CT molecular complexity index is 625. The van der Waals surface area contributed by atoms with E-state index in [9.17, 15) is 4.79 Å². The van der Waals surface area contributed by atoms with Crippen LogP contribution >= 0.6 is 0 Å². The van der Waals surface area contributed by atoms with Gasteiger partial charge in [-0.25, -0.2) is 0 Å². The first kappa shape index (κ1) is 13.8. The molecule has 108 valence electrons. The number of carbonyl (C=O) groups is 1. The summed E-state index contributed by atoms with van der Waals surface area (Å²) in [7, 11) is 0. The minimum atomic E-state index is 0.0440. The minimum absolute atomic E-state index is 0.0440. The van der Waals surface area contributed by atoms with Gasteiger partial charge in [0, 0.05) is 31.0 Å². The van der Waals surface area contributed by atoms with E-state index in [1.54, 1.807) is 12.4 Å². The predicted octanol–water partition coefficient (Wildman–Crippen LogP) is 2.30. The van der Waals surface area contributed by atoms with Gasteiger partial charge in [0.2, 0.25) is 5.91 Å². The number of pyridine rings is 1. The van der Waals surface area contributed by atoms with Crippen molar-refractivity contribution in [3.8, 4) is 0 Å². The van der Waals surface area contributed by atoms with Crippen molar-refractivity contribution < 1.29 is 4.79 Å². The lowest BCUT2D eigenvalue weighted by molar-refractivity contribution is -0.116. The summed E-state index contributed by atoms with van der Waals surface area (Å²) in [6.07, 6.45) is 5.79. The first-order chi connectivity index (χ1) is 10.3. The van der Waals surface area contributed by atoms with Crippen LogP contribution in [-0.4, -0.2) is 17.4 Å². The molecule has 1 aliphatic heterocycles. The fourth-order valence-electron chi connectivity index (χ4n) is 2.59. The number of carbonyl (C=O) groups excluding carboxylic acids is 1. The van der Waals surface area contributed by atoms with Crippen LogP contribution in [0.3, 0.4) is 0 Å². The molecular weight excluding hydrogens is 262 g/mol. The number of rotatable bonds is 4. The second kappa shape index (κ2) is 6.50. The largest absolute Gasteiger partial charge is 0.326 e. The highest BCUT2D eigenvalue weighted by Gasteiger charge is 2.10. The number of fused-ring (bicyclic) bond motifs is 1. The Morgan fingerprint density at radius 2 is 2.24 bits per heavy atom. The fourth-order valence-corrected chi connectivity index (χ4v) is 2.59. The van der Waals surface area contributed by atoms with Gasteiger partial charge in [-0.15, -0.1) is 0 Å². The van der Waals surface area contributed by atoms with E-state index < -0.39 is 0 Å². The molecule has 1 amide bonds. The SMILES string of the molecule is O=C(CCc1cccnc1)Nc1ccc2c(c1)CNCC2. The lowest BCUT2D eigenvalue weighted by Crippen LogP contribution is -2.23. The average Bonchev–Trinajstić information content (AvgIpc) is 2.54. The molecule has 4 nitrogen and oxygen atoms in total. The van der Waals surface area contributed by atoms with Gasteiger partial charge in [-0.05, 0) is 54.3 Å². The van der Waals surface area contributed by atoms with Crippen LogP contribution in [0.4, 0.5) is 5.69 Å². The van der Waals surface area contributed by atoms with E-state index in [0.29, 0.717) is 12.8 Å². The van der Waals surface area contributed by atoms with Crippen LogP contribution < -0.4 is 10.6 Å². The number of aryl methyl sites for hydroxylation is 1. The Kier molecular flexibility index (Phi) is 4.26. The van der Waals surface area contributed by atoms with Crippen LogP contribution in [0.15, 0.2) is 42.7 Å². The zero-order chi connectivity index (χ0) is 14.5. The van der Waals surface area contributed by atoms with Crippen LogP contribution in [0.5, 0.6) is 0 Å². The van der Waals surface area contributed by atoms with Gasteiger partial charge in [-0.2, -0.15) is 0 Å². The second-order valence-corrected chi connectivity index (χ2v) is 5.32. The molecule has 0 radical (unpaired) electrons. The number of benzene rings is 1. The smallest absolute Gasteiger partial charge is 0.224 e. The summed E-state index contributed by atoms with van der Waals surface area (Å²) in [4.78, 5) is 16.1. The quantitative estimate of drug-likeness (QED) is 0.904. The van der Waals surface area contributed by atoms with Crippen molar-refractivity contribution in [2.45, 2.75) is 25.8 Å². The van der Waals surface area contributed by atoms with Crippen molar-refractivity contribution in [2.75, 3.05) is 11.9 Å². The molecule has 2 heterocycles. The number of amides is 1. The van der Waals surface area contributed by atoms with Gasteiger partial charge < -0.3 is 10.6 Å². The Hall–Kier alpha value is -2.20. The Morgan fingerprint density at radius 3 is 3.10 bits per heavy atom. The van der Waals surface area contributed by atoms with Gasteiger partial charge in [0.15, 0.2) is 0 Å². The van der Waals surface area contributed by atoms with Crippen molar-refractivity contribution in [1.29, 1.82) is 0 Å². The van der Waals surface area contributed by atoms with E-state index in [-0.39, 0.29) is 5.91 Å². The van der Waals surface area contributed by atoms with Crippen molar-refractivity contribution in [3.05, 3.63) is 59.4 Å². The first-order valence-corrected chi connectivity index (χ1v) is 7.32. The topological polar surface area (TPSA) is 54.0 Å². The van der Waals surface area contributed by atoms with Gasteiger partial charge in [-0.3, -0.25) is 9.78 Å². The molecule has 1 aliphatic rings. The zero-order valence-corrected chi connectivity index (χ0v) is 11.9. The first-order valence-electron chi connectivity index (χ1n) is 7.32. The number of aromatic nitrogens is 1. The fraction of sp³-hybridized carbons (Fsp3) is 0.294. The van der Waals surface area contributed by atoms with Crippen molar-refractivity contribution in [1.82, 2.24) is 10.3 Å². The monoisotopic (exact) mass is 281 g/mol. The number of anilines is 1. The van der Waals surface area contributed by atoms with E-state index in [2.05, 4.69) is 27.8 Å². The average molecular weight is 281 g/mol. The summed E-state index contributed by atoms with van der Waals surface area (Å²) in [5.74, 6) is 0.0440. The molecule has 2 aromatic rings. The van der Waals surface area contributed by atoms with E-state index >= 15 is 0 Å². The Balaban J connectivity index is 1.57. The summed E-state index contributed by atoms with van der Waals surface area (Å²) < 4.78 is 0. The highest BCUT2D eigenvalue weighted by atomic mass is 16.1. The molecular formula is C17H19N3O. The molecule has 0 fully saturated rings. The summed E-state index contributed by atoms with van der Waals surface area (Å²) >= 11 is 0. The van der Waals surface area contributed by atoms with E-state index in [1.807, 2.05) is 18.2 Å². The van der Waals surface area contributed by atoms with E-state index in [0.717, 1.165) is 30.8 Å². The summed E-state index contributed by atoms with van der Waals surface area (Å²) in [6, 6.07) is 10.1. The molecule has 4 heteroatoms. The Morgan fingerprint density at radius 1 is 1.29 bits per heavy atom. The molecule has 1 aromatic heterocycles. The summed E-state index contributed by atoms with van der Waals surface area (Å²) in [6.45, 7) is 1.92. The number of hydrogen-bond acceptors (Lipinski definition) is 3. The van der Waals surface area contributed by atoms with Crippen LogP contribution in [0.25, 0.3) is 0 Å². The van der Waals surface area contributed by atoms with Crippen LogP contribution in [0, 0.1) is 0 Å². The maximum atomic E-state index is 12.0. The van der Waals surface area contributed by atoms with Crippen molar-refractivity contribution in [3.63, 3.8) is 0 Å². The highest BCUT2D eigenvalue weighted by molar-refractivity contribution is 5.91. The molecule has 0 unspecified atom stereocenters. The molecule has 0 saturated heterocycles. The molecule has 0 atom stereocenters. The molecule has 0 spiro atoms. The summed E-state index contributed by atoms with van der Waals surface area (Å²) in [5.41, 5.74) is 4.63. The van der Waals surface area contributed by atoms with Crippen molar-refractivity contribution >= 4 is 11.6 Å². The second-order valence-electron chi connectivity index (χ2n) is 5.32. The summed E-state index contributed by atoms with van der Waals surface area (Å²) in [5, 5.41) is 6.32. The number of nitrogens with one attached hydrogen (secondary N) is 2. The van der Waals surface area contributed by atoms with Crippen LogP contribution in [0.2, 0.25) is 0 Å². The predicted molar refractivity (Wildman–Crippen MR) is 83.0 cm³/mol. The van der Waals surface area contributed by atoms with Crippen molar-refractivity contribution in [2.24, 2.45) is 0 Å². The van der Waals surface area contributed by atoms with Gasteiger partial charge in [-0.1, -0.05) is 12.1 Å². The lowest BCUT2D eigenvalue weighted by Gasteiger charge is -2.18. The van der Waals surface area contributed by atoms with Gasteiger partial charge in [0.1, 0.15) is 0 Å². The molecule has 3 rings (SSSR count). The standard InChI is InChI=1S/C17H19N3O/c21-17(6-3-13-2-1-8-18-11-13)20-16-5-4-14-7-9-19-12-15(14)10-16/h1-2,4-5,8,10-11,19H,3,6-7,9,12H2,(H,20,21). The normalized spacial score (nSPS) is 13.5. The maximum Gasteiger partial charge on any atom is 0.224 e. The zero-order valence-electron chi connectivity index (χ0n) is 11.9. The van der Waals surface area contributed by atoms with Crippen LogP contribution in [0.1, 0.15) is 23.1 Å².